The number of rotatable bonds is 3. The predicted molar refractivity (Wildman–Crippen MR) is 78.0 cm³/mol. The Hall–Kier alpha value is -2.34. The summed E-state index contributed by atoms with van der Waals surface area (Å²) in [6, 6.07) is 7.18. The molecule has 22 heavy (non-hydrogen) atoms. The highest BCUT2D eigenvalue weighted by Crippen LogP contribution is 2.21. The maximum absolute atomic E-state index is 13.2. The molecule has 0 atom stereocenters. The molecule has 0 spiro atoms. The molecule has 1 N–H and O–H groups in total. The molecule has 0 unspecified atom stereocenters. The Morgan fingerprint density at radius 3 is 2.68 bits per heavy atom. The molecule has 1 aromatic carbocycles. The van der Waals surface area contributed by atoms with E-state index >= 15 is 0 Å². The van der Waals surface area contributed by atoms with E-state index < -0.39 is 5.82 Å². The summed E-state index contributed by atoms with van der Waals surface area (Å²) in [4.78, 5) is 16.2. The number of hydrogen-bond acceptors (Lipinski definition) is 4. The summed E-state index contributed by atoms with van der Waals surface area (Å²) in [5, 5.41) is 9.72. The molecule has 1 fully saturated rings. The summed E-state index contributed by atoms with van der Waals surface area (Å²) in [5.41, 5.74) is 0.0134. The van der Waals surface area contributed by atoms with Gasteiger partial charge in [0.25, 0.3) is 5.91 Å². The molecule has 116 valence electrons. The number of furan rings is 1. The van der Waals surface area contributed by atoms with Crippen LogP contribution in [0.15, 0.2) is 41.0 Å². The first-order chi connectivity index (χ1) is 10.6. The van der Waals surface area contributed by atoms with Crippen molar-refractivity contribution in [1.82, 2.24) is 9.80 Å². The first kappa shape index (κ1) is 14.6. The Kier molecular flexibility index (Phi) is 4.11. The zero-order valence-electron chi connectivity index (χ0n) is 12.0. The van der Waals surface area contributed by atoms with Crippen molar-refractivity contribution in [1.29, 1.82) is 0 Å². The third-order valence-corrected chi connectivity index (χ3v) is 3.81. The highest BCUT2D eigenvalue weighted by Gasteiger charge is 2.24. The van der Waals surface area contributed by atoms with Crippen LogP contribution in [0.3, 0.4) is 0 Å². The van der Waals surface area contributed by atoms with E-state index in [1.165, 1.54) is 6.07 Å². The molecular weight excluding hydrogens is 287 g/mol. The monoisotopic (exact) mass is 304 g/mol. The van der Waals surface area contributed by atoms with E-state index in [1.807, 2.05) is 12.1 Å². The second kappa shape index (κ2) is 6.19. The molecular formula is C16H17FN2O3. The van der Waals surface area contributed by atoms with Gasteiger partial charge in [-0.1, -0.05) is 0 Å². The number of phenolic OH excluding ortho intramolecular Hbond substituents is 1. The van der Waals surface area contributed by atoms with Gasteiger partial charge in [-0.3, -0.25) is 9.69 Å². The Labute approximate surface area is 127 Å². The zero-order valence-corrected chi connectivity index (χ0v) is 12.0. The normalized spacial score (nSPS) is 16.0. The number of amides is 1. The molecule has 5 nitrogen and oxygen atoms in total. The Balaban J connectivity index is 1.61. The van der Waals surface area contributed by atoms with Crippen LogP contribution in [0.4, 0.5) is 4.39 Å². The molecule has 1 amide bonds. The average molecular weight is 304 g/mol. The minimum absolute atomic E-state index is 0.0134. The summed E-state index contributed by atoms with van der Waals surface area (Å²) in [7, 11) is 0. The van der Waals surface area contributed by atoms with Crippen LogP contribution in [-0.2, 0) is 6.54 Å². The topological polar surface area (TPSA) is 56.9 Å². The second-order valence-corrected chi connectivity index (χ2v) is 5.31. The van der Waals surface area contributed by atoms with E-state index in [-0.39, 0.29) is 17.2 Å². The third-order valence-electron chi connectivity index (χ3n) is 3.81. The maximum atomic E-state index is 13.2. The van der Waals surface area contributed by atoms with Crippen LogP contribution in [0, 0.1) is 5.82 Å². The average Bonchev–Trinajstić information content (AvgIpc) is 3.03. The van der Waals surface area contributed by atoms with Crippen molar-refractivity contribution in [2.45, 2.75) is 6.54 Å². The first-order valence-electron chi connectivity index (χ1n) is 7.16. The summed E-state index contributed by atoms with van der Waals surface area (Å²) < 4.78 is 18.6. The lowest BCUT2D eigenvalue weighted by Gasteiger charge is -2.34. The molecule has 0 radical (unpaired) electrons. The predicted octanol–water partition coefficient (Wildman–Crippen LogP) is 2.08. The smallest absolute Gasteiger partial charge is 0.257 e. The number of hydrogen-bond donors (Lipinski definition) is 1. The molecule has 1 aliphatic rings. The molecule has 3 rings (SSSR count). The van der Waals surface area contributed by atoms with E-state index in [1.54, 1.807) is 11.2 Å². The lowest BCUT2D eigenvalue weighted by atomic mass is 10.1. The Morgan fingerprint density at radius 1 is 1.23 bits per heavy atom. The molecule has 1 aliphatic heterocycles. The molecule has 1 saturated heterocycles. The summed E-state index contributed by atoms with van der Waals surface area (Å²) >= 11 is 0. The number of piperazine rings is 1. The SMILES string of the molecule is O=C(c1cc(F)ccc1O)N1CCN(Cc2ccco2)CC1. The van der Waals surface area contributed by atoms with Crippen LogP contribution < -0.4 is 0 Å². The van der Waals surface area contributed by atoms with E-state index in [0.29, 0.717) is 32.7 Å². The molecule has 0 aliphatic carbocycles. The number of carbonyl (C=O) groups excluding carboxylic acids is 1. The minimum Gasteiger partial charge on any atom is -0.507 e. The van der Waals surface area contributed by atoms with Crippen LogP contribution in [-0.4, -0.2) is 47.0 Å². The largest absolute Gasteiger partial charge is 0.507 e. The van der Waals surface area contributed by atoms with Crippen molar-refractivity contribution >= 4 is 5.91 Å². The fourth-order valence-electron chi connectivity index (χ4n) is 2.58. The first-order valence-corrected chi connectivity index (χ1v) is 7.16. The number of halogens is 1. The van der Waals surface area contributed by atoms with Crippen LogP contribution in [0.25, 0.3) is 0 Å². The number of aromatic hydroxyl groups is 1. The van der Waals surface area contributed by atoms with E-state index in [2.05, 4.69) is 4.90 Å². The number of benzene rings is 1. The van der Waals surface area contributed by atoms with E-state index in [0.717, 1.165) is 17.9 Å². The molecule has 2 aromatic rings. The van der Waals surface area contributed by atoms with Crippen molar-refractivity contribution in [2.75, 3.05) is 26.2 Å². The van der Waals surface area contributed by atoms with Crippen molar-refractivity contribution in [2.24, 2.45) is 0 Å². The fraction of sp³-hybridized carbons (Fsp3) is 0.312. The van der Waals surface area contributed by atoms with Gasteiger partial charge in [-0.2, -0.15) is 0 Å². The van der Waals surface area contributed by atoms with Crippen LogP contribution in [0.2, 0.25) is 0 Å². The third kappa shape index (κ3) is 3.12. The number of phenols is 1. The molecule has 6 heteroatoms. The standard InChI is InChI=1S/C16H17FN2O3/c17-12-3-4-15(20)14(10-12)16(21)19-7-5-18(6-8-19)11-13-2-1-9-22-13/h1-4,9-10,20H,5-8,11H2. The van der Waals surface area contributed by atoms with Gasteiger partial charge in [0.2, 0.25) is 0 Å². The van der Waals surface area contributed by atoms with Gasteiger partial charge in [-0.05, 0) is 30.3 Å². The van der Waals surface area contributed by atoms with Crippen LogP contribution in [0.5, 0.6) is 5.75 Å². The van der Waals surface area contributed by atoms with Gasteiger partial charge < -0.3 is 14.4 Å². The Morgan fingerprint density at radius 2 is 2.00 bits per heavy atom. The van der Waals surface area contributed by atoms with Gasteiger partial charge in [0.15, 0.2) is 0 Å². The maximum Gasteiger partial charge on any atom is 0.257 e. The quantitative estimate of drug-likeness (QED) is 0.943. The highest BCUT2D eigenvalue weighted by molar-refractivity contribution is 5.96. The summed E-state index contributed by atoms with van der Waals surface area (Å²) in [6.07, 6.45) is 1.64. The number of nitrogens with zero attached hydrogens (tertiary/aromatic N) is 2. The summed E-state index contributed by atoms with van der Waals surface area (Å²) in [6.45, 7) is 3.20. The van der Waals surface area contributed by atoms with Gasteiger partial charge in [0.1, 0.15) is 17.3 Å². The molecule has 2 heterocycles. The van der Waals surface area contributed by atoms with E-state index in [9.17, 15) is 14.3 Å². The van der Waals surface area contributed by atoms with Crippen molar-refractivity contribution in [3.63, 3.8) is 0 Å². The van der Waals surface area contributed by atoms with E-state index in [4.69, 9.17) is 4.42 Å². The van der Waals surface area contributed by atoms with Gasteiger partial charge >= 0.3 is 0 Å². The molecule has 1 aromatic heterocycles. The van der Waals surface area contributed by atoms with Crippen molar-refractivity contribution in [3.05, 3.63) is 53.7 Å². The van der Waals surface area contributed by atoms with Gasteiger partial charge in [0, 0.05) is 26.2 Å². The molecule has 0 saturated carbocycles. The lowest BCUT2D eigenvalue weighted by Crippen LogP contribution is -2.48. The highest BCUT2D eigenvalue weighted by atomic mass is 19.1. The second-order valence-electron chi connectivity index (χ2n) is 5.31. The Bertz CT molecular complexity index is 649. The minimum atomic E-state index is -0.530. The lowest BCUT2D eigenvalue weighted by molar-refractivity contribution is 0.0617. The van der Waals surface area contributed by atoms with Crippen LogP contribution in [0.1, 0.15) is 16.1 Å². The molecule has 0 bridgehead atoms. The fourth-order valence-corrected chi connectivity index (χ4v) is 2.58. The van der Waals surface area contributed by atoms with Crippen molar-refractivity contribution < 1.29 is 18.7 Å². The van der Waals surface area contributed by atoms with Crippen molar-refractivity contribution in [3.8, 4) is 5.75 Å². The van der Waals surface area contributed by atoms with Gasteiger partial charge in [-0.15, -0.1) is 0 Å². The van der Waals surface area contributed by atoms with Crippen LogP contribution >= 0.6 is 0 Å². The number of carbonyl (C=O) groups is 1. The summed E-state index contributed by atoms with van der Waals surface area (Å²) in [5.74, 6) is -0.167. The van der Waals surface area contributed by atoms with Gasteiger partial charge in [0.05, 0.1) is 18.4 Å². The van der Waals surface area contributed by atoms with Gasteiger partial charge in [-0.25, -0.2) is 4.39 Å². The zero-order chi connectivity index (χ0) is 15.5.